The molecule has 31 heavy (non-hydrogen) atoms. The number of alkyl halides is 3. The van der Waals surface area contributed by atoms with Crippen molar-refractivity contribution in [1.29, 1.82) is 0 Å². The number of ether oxygens (including phenoxy) is 1. The van der Waals surface area contributed by atoms with Crippen molar-refractivity contribution in [3.05, 3.63) is 86.8 Å². The molecule has 0 aliphatic rings. The number of hydrogen-bond donors (Lipinski definition) is 0. The van der Waals surface area contributed by atoms with Gasteiger partial charge >= 0.3 is 12.1 Å². The smallest absolute Gasteiger partial charge is 0.418 e. The number of rotatable bonds is 4. The Labute approximate surface area is 177 Å². The van der Waals surface area contributed by atoms with Crippen LogP contribution in [0.2, 0.25) is 0 Å². The van der Waals surface area contributed by atoms with E-state index in [0.717, 1.165) is 27.0 Å². The fourth-order valence-electron chi connectivity index (χ4n) is 3.01. The van der Waals surface area contributed by atoms with E-state index in [2.05, 4.69) is 10.1 Å². The Hall–Kier alpha value is -3.53. The maximum atomic E-state index is 13.4. The Balaban J connectivity index is 1.65. The van der Waals surface area contributed by atoms with Crippen molar-refractivity contribution in [3.8, 4) is 5.69 Å². The number of hydrogen-bond acceptors (Lipinski definition) is 6. The Kier molecular flexibility index (Phi) is 5.32. The number of halogens is 3. The molecule has 4 aromatic rings. The molecule has 2 aromatic carbocycles. The van der Waals surface area contributed by atoms with E-state index in [1.165, 1.54) is 36.5 Å². The van der Waals surface area contributed by atoms with Crippen molar-refractivity contribution in [3.63, 3.8) is 0 Å². The summed E-state index contributed by atoms with van der Waals surface area (Å²) in [4.78, 5) is 29.1. The third-order valence-electron chi connectivity index (χ3n) is 4.40. The number of thiazole rings is 1. The molecular formula is C21H14F3N3O3S. The van der Waals surface area contributed by atoms with Crippen LogP contribution in [0.3, 0.4) is 0 Å². The van der Waals surface area contributed by atoms with E-state index in [1.807, 2.05) is 24.3 Å². The topological polar surface area (TPSA) is 74.1 Å². The summed E-state index contributed by atoms with van der Waals surface area (Å²) >= 11 is 1.33. The molecule has 2 heterocycles. The Morgan fingerprint density at radius 3 is 2.58 bits per heavy atom. The van der Waals surface area contributed by atoms with Gasteiger partial charge in [0.05, 0.1) is 21.5 Å². The van der Waals surface area contributed by atoms with E-state index < -0.39 is 28.8 Å². The van der Waals surface area contributed by atoms with Gasteiger partial charge in [0, 0.05) is 11.8 Å². The lowest BCUT2D eigenvalue weighted by atomic mass is 10.1. The predicted octanol–water partition coefficient (Wildman–Crippen LogP) is 4.53. The highest BCUT2D eigenvalue weighted by Crippen LogP contribution is 2.33. The molecule has 0 unspecified atom stereocenters. The number of fused-ring (bicyclic) bond motifs is 1. The van der Waals surface area contributed by atoms with Crippen LogP contribution in [0.15, 0.2) is 59.4 Å². The zero-order valence-corrected chi connectivity index (χ0v) is 16.8. The number of aromatic nitrogens is 3. The van der Waals surface area contributed by atoms with E-state index in [9.17, 15) is 22.8 Å². The first-order valence-corrected chi connectivity index (χ1v) is 9.85. The van der Waals surface area contributed by atoms with Crippen LogP contribution in [0.1, 0.15) is 26.8 Å². The van der Waals surface area contributed by atoms with E-state index in [4.69, 9.17) is 4.74 Å². The fraction of sp³-hybridized carbons (Fsp3) is 0.143. The predicted molar refractivity (Wildman–Crippen MR) is 108 cm³/mol. The molecule has 0 atom stereocenters. The van der Waals surface area contributed by atoms with Crippen LogP contribution in [0.25, 0.3) is 15.9 Å². The number of carbonyl (C=O) groups is 1. The third kappa shape index (κ3) is 4.19. The average Bonchev–Trinajstić information content (AvgIpc) is 3.14. The van der Waals surface area contributed by atoms with Gasteiger partial charge in [0.2, 0.25) is 11.1 Å². The molecule has 0 aliphatic carbocycles. The van der Waals surface area contributed by atoms with Gasteiger partial charge in [-0.15, -0.1) is 11.3 Å². The maximum Gasteiger partial charge on any atom is 0.418 e. The van der Waals surface area contributed by atoms with Crippen LogP contribution >= 0.6 is 11.3 Å². The van der Waals surface area contributed by atoms with Gasteiger partial charge in [0.15, 0.2) is 0 Å². The highest BCUT2D eigenvalue weighted by Gasteiger charge is 2.34. The highest BCUT2D eigenvalue weighted by atomic mass is 32.1. The summed E-state index contributed by atoms with van der Waals surface area (Å²) in [5, 5.41) is 4.40. The lowest BCUT2D eigenvalue weighted by molar-refractivity contribution is -0.137. The lowest BCUT2D eigenvalue weighted by Gasteiger charge is -2.16. The summed E-state index contributed by atoms with van der Waals surface area (Å²) in [7, 11) is 0. The van der Waals surface area contributed by atoms with Crippen LogP contribution in [-0.2, 0) is 17.5 Å². The number of para-hydroxylation sites is 2. The van der Waals surface area contributed by atoms with Gasteiger partial charge in [0.25, 0.3) is 0 Å². The zero-order chi connectivity index (χ0) is 22.2. The van der Waals surface area contributed by atoms with Crippen molar-refractivity contribution in [2.75, 3.05) is 0 Å². The van der Waals surface area contributed by atoms with Gasteiger partial charge in [-0.2, -0.15) is 18.3 Å². The molecule has 0 aliphatic heterocycles. The second-order valence-electron chi connectivity index (χ2n) is 6.58. The largest absolute Gasteiger partial charge is 0.453 e. The van der Waals surface area contributed by atoms with E-state index in [-0.39, 0.29) is 18.0 Å². The Morgan fingerprint density at radius 2 is 1.84 bits per heavy atom. The second kappa shape index (κ2) is 7.95. The molecule has 0 saturated heterocycles. The summed E-state index contributed by atoms with van der Waals surface area (Å²) in [6, 6.07) is 13.2. The van der Waals surface area contributed by atoms with Crippen LogP contribution in [0.5, 0.6) is 0 Å². The molecule has 0 bridgehead atoms. The summed E-state index contributed by atoms with van der Waals surface area (Å²) < 4.78 is 47.2. The van der Waals surface area contributed by atoms with Crippen LogP contribution < -0.4 is 5.43 Å². The van der Waals surface area contributed by atoms with Crippen molar-refractivity contribution in [2.45, 2.75) is 19.7 Å². The summed E-state index contributed by atoms with van der Waals surface area (Å²) in [5.74, 6) is -1.04. The molecule has 6 nitrogen and oxygen atoms in total. The van der Waals surface area contributed by atoms with Crippen molar-refractivity contribution in [1.82, 2.24) is 14.8 Å². The molecule has 0 radical (unpaired) electrons. The molecule has 0 spiro atoms. The molecule has 0 N–H and O–H groups in total. The van der Waals surface area contributed by atoms with E-state index in [0.29, 0.717) is 5.01 Å². The summed E-state index contributed by atoms with van der Waals surface area (Å²) in [5.41, 5.74) is -1.70. The van der Waals surface area contributed by atoms with Gasteiger partial charge in [-0.1, -0.05) is 24.3 Å². The molecule has 0 amide bonds. The first kappa shape index (κ1) is 20.7. The van der Waals surface area contributed by atoms with Gasteiger partial charge in [0.1, 0.15) is 11.6 Å². The number of esters is 1. The number of aryl methyl sites for hydroxylation is 1. The molecule has 0 saturated carbocycles. The quantitative estimate of drug-likeness (QED) is 0.432. The Morgan fingerprint density at radius 1 is 1.13 bits per heavy atom. The van der Waals surface area contributed by atoms with Crippen molar-refractivity contribution >= 4 is 27.5 Å². The van der Waals surface area contributed by atoms with Crippen molar-refractivity contribution < 1.29 is 22.7 Å². The van der Waals surface area contributed by atoms with Crippen LogP contribution in [0, 0.1) is 6.92 Å². The SMILES string of the molecule is Cc1cc(=O)c(C(=O)OCc2nc3ccccc3s2)nn1-c1ccccc1C(F)(F)F. The summed E-state index contributed by atoms with van der Waals surface area (Å²) in [6.07, 6.45) is -4.64. The Bertz CT molecular complexity index is 1310. The van der Waals surface area contributed by atoms with Crippen LogP contribution in [0.4, 0.5) is 13.2 Å². The second-order valence-corrected chi connectivity index (χ2v) is 7.69. The normalized spacial score (nSPS) is 11.6. The number of carbonyl (C=O) groups excluding carboxylic acids is 1. The fourth-order valence-corrected chi connectivity index (χ4v) is 3.89. The molecule has 2 aromatic heterocycles. The minimum atomic E-state index is -4.64. The first-order chi connectivity index (χ1) is 14.7. The number of nitrogens with zero attached hydrogens (tertiary/aromatic N) is 3. The molecular weight excluding hydrogens is 431 g/mol. The lowest BCUT2D eigenvalue weighted by Crippen LogP contribution is -2.25. The van der Waals surface area contributed by atoms with Gasteiger partial charge in [-0.3, -0.25) is 4.79 Å². The third-order valence-corrected chi connectivity index (χ3v) is 5.41. The minimum absolute atomic E-state index is 0.143. The van der Waals surface area contributed by atoms with Gasteiger partial charge in [-0.25, -0.2) is 14.5 Å². The zero-order valence-electron chi connectivity index (χ0n) is 16.0. The number of benzene rings is 2. The molecule has 4 rings (SSSR count). The minimum Gasteiger partial charge on any atom is -0.453 e. The van der Waals surface area contributed by atoms with E-state index >= 15 is 0 Å². The maximum absolute atomic E-state index is 13.4. The highest BCUT2D eigenvalue weighted by molar-refractivity contribution is 7.18. The van der Waals surface area contributed by atoms with Crippen LogP contribution in [-0.4, -0.2) is 20.7 Å². The van der Waals surface area contributed by atoms with Gasteiger partial charge in [-0.05, 0) is 31.2 Å². The molecule has 0 fully saturated rings. The molecule has 158 valence electrons. The van der Waals surface area contributed by atoms with Gasteiger partial charge < -0.3 is 4.74 Å². The summed E-state index contributed by atoms with van der Waals surface area (Å²) in [6.45, 7) is 1.24. The van der Waals surface area contributed by atoms with E-state index in [1.54, 1.807) is 0 Å². The van der Waals surface area contributed by atoms with Crippen molar-refractivity contribution in [2.24, 2.45) is 0 Å². The first-order valence-electron chi connectivity index (χ1n) is 9.03. The monoisotopic (exact) mass is 445 g/mol. The molecule has 10 heteroatoms. The standard InChI is InChI=1S/C21H14F3N3O3S/c1-12-10-16(28)19(26-27(12)15-8-4-2-6-13(15)21(22,23)24)20(29)30-11-18-25-14-7-3-5-9-17(14)31-18/h2-10H,11H2,1H3. The average molecular weight is 445 g/mol.